The predicted octanol–water partition coefficient (Wildman–Crippen LogP) is 3.02. The highest BCUT2D eigenvalue weighted by Gasteiger charge is 2.28. The average molecular weight is 316 g/mol. The molecule has 0 amide bonds. The van der Waals surface area contributed by atoms with Crippen molar-refractivity contribution in [2.45, 2.75) is 39.5 Å². The lowest BCUT2D eigenvalue weighted by atomic mass is 10.2. The van der Waals surface area contributed by atoms with E-state index in [0.29, 0.717) is 13.1 Å². The molecular weight excluding hydrogens is 291 g/mol. The Kier molecular flexibility index (Phi) is 5.75. The van der Waals surface area contributed by atoms with Gasteiger partial charge in [-0.25, -0.2) is 12.8 Å². The van der Waals surface area contributed by atoms with Gasteiger partial charge in [-0.15, -0.1) is 0 Å². The van der Waals surface area contributed by atoms with Crippen LogP contribution in [-0.4, -0.2) is 25.8 Å². The highest BCUT2D eigenvalue weighted by atomic mass is 32.2. The molecule has 0 heterocycles. The van der Waals surface area contributed by atoms with E-state index in [0.717, 1.165) is 6.07 Å². The van der Waals surface area contributed by atoms with Crippen LogP contribution in [0.2, 0.25) is 0 Å². The van der Waals surface area contributed by atoms with Gasteiger partial charge in [-0.3, -0.25) is 0 Å². The fraction of sp³-hybridized carbons (Fsp3) is 0.600. The van der Waals surface area contributed by atoms with Gasteiger partial charge < -0.3 is 5.73 Å². The first kappa shape index (κ1) is 17.9. The van der Waals surface area contributed by atoms with E-state index in [-0.39, 0.29) is 28.0 Å². The van der Waals surface area contributed by atoms with E-state index in [2.05, 4.69) is 0 Å². The van der Waals surface area contributed by atoms with Crippen LogP contribution < -0.4 is 5.73 Å². The fourth-order valence-corrected chi connectivity index (χ4v) is 4.20. The summed E-state index contributed by atoms with van der Waals surface area (Å²) in [7, 11) is -3.75. The molecule has 0 aliphatic heterocycles. The molecular formula is C15H25FN2O2S. The number of halogens is 1. The van der Waals surface area contributed by atoms with E-state index in [1.54, 1.807) is 0 Å². The molecule has 0 aromatic heterocycles. The van der Waals surface area contributed by atoms with Crippen LogP contribution in [-0.2, 0) is 10.0 Å². The molecule has 0 atom stereocenters. The Morgan fingerprint density at radius 2 is 1.62 bits per heavy atom. The van der Waals surface area contributed by atoms with Gasteiger partial charge in [0.1, 0.15) is 5.82 Å². The first-order valence-electron chi connectivity index (χ1n) is 7.11. The van der Waals surface area contributed by atoms with Crippen molar-refractivity contribution >= 4 is 15.7 Å². The standard InChI is InChI=1S/C15H25FN2O2S/c1-10(2)8-18(9-11(3)4)21(19,20)15-7-13(17)6-14(16)12(15)5/h6-7,10-11H,8-9,17H2,1-5H3. The number of nitrogens with zero attached hydrogens (tertiary/aromatic N) is 1. The third kappa shape index (κ3) is 4.41. The normalized spacial score (nSPS) is 12.6. The second-order valence-electron chi connectivity index (χ2n) is 6.24. The molecule has 0 aliphatic rings. The zero-order chi connectivity index (χ0) is 16.4. The van der Waals surface area contributed by atoms with Gasteiger partial charge in [-0.05, 0) is 30.9 Å². The van der Waals surface area contributed by atoms with Crippen LogP contribution in [0.25, 0.3) is 0 Å². The van der Waals surface area contributed by atoms with Gasteiger partial charge in [0.15, 0.2) is 0 Å². The summed E-state index contributed by atoms with van der Waals surface area (Å²) in [5.41, 5.74) is 5.83. The monoisotopic (exact) mass is 316 g/mol. The summed E-state index contributed by atoms with van der Waals surface area (Å²) in [6.45, 7) is 10.1. The molecule has 120 valence electrons. The van der Waals surface area contributed by atoms with Gasteiger partial charge in [-0.1, -0.05) is 27.7 Å². The molecule has 0 fully saturated rings. The summed E-state index contributed by atoms with van der Waals surface area (Å²) in [4.78, 5) is -0.0405. The van der Waals surface area contributed by atoms with E-state index in [1.165, 1.54) is 17.3 Å². The predicted molar refractivity (Wildman–Crippen MR) is 84.0 cm³/mol. The number of hydrogen-bond donors (Lipinski definition) is 1. The second-order valence-corrected chi connectivity index (χ2v) is 8.14. The smallest absolute Gasteiger partial charge is 0.243 e. The highest BCUT2D eigenvalue weighted by Crippen LogP contribution is 2.26. The molecule has 2 N–H and O–H groups in total. The topological polar surface area (TPSA) is 63.4 Å². The first-order chi connectivity index (χ1) is 9.55. The summed E-state index contributed by atoms with van der Waals surface area (Å²) in [5, 5.41) is 0. The Morgan fingerprint density at radius 1 is 1.14 bits per heavy atom. The van der Waals surface area contributed by atoms with Gasteiger partial charge >= 0.3 is 0 Å². The lowest BCUT2D eigenvalue weighted by Crippen LogP contribution is -2.37. The number of benzene rings is 1. The van der Waals surface area contributed by atoms with Crippen LogP contribution in [0.5, 0.6) is 0 Å². The zero-order valence-corrected chi connectivity index (χ0v) is 14.2. The number of sulfonamides is 1. The van der Waals surface area contributed by atoms with Crippen molar-refractivity contribution in [3.8, 4) is 0 Å². The van der Waals surface area contributed by atoms with E-state index in [9.17, 15) is 12.8 Å². The van der Waals surface area contributed by atoms with Crippen molar-refractivity contribution in [2.24, 2.45) is 11.8 Å². The maximum absolute atomic E-state index is 13.8. The van der Waals surface area contributed by atoms with Crippen molar-refractivity contribution in [3.05, 3.63) is 23.5 Å². The highest BCUT2D eigenvalue weighted by molar-refractivity contribution is 7.89. The molecule has 4 nitrogen and oxygen atoms in total. The van der Waals surface area contributed by atoms with Gasteiger partial charge in [0, 0.05) is 24.3 Å². The van der Waals surface area contributed by atoms with Crippen molar-refractivity contribution in [3.63, 3.8) is 0 Å². The van der Waals surface area contributed by atoms with E-state index in [1.807, 2.05) is 27.7 Å². The number of nitrogens with two attached hydrogens (primary N) is 1. The summed E-state index contributed by atoms with van der Waals surface area (Å²) >= 11 is 0. The van der Waals surface area contributed by atoms with Crippen LogP contribution in [0.3, 0.4) is 0 Å². The maximum Gasteiger partial charge on any atom is 0.243 e. The van der Waals surface area contributed by atoms with Gasteiger partial charge in [0.05, 0.1) is 4.90 Å². The summed E-state index contributed by atoms with van der Waals surface area (Å²) in [6.07, 6.45) is 0. The molecule has 21 heavy (non-hydrogen) atoms. The molecule has 0 spiro atoms. The number of nitrogen functional groups attached to an aromatic ring is 1. The summed E-state index contributed by atoms with van der Waals surface area (Å²) < 4.78 is 40.9. The largest absolute Gasteiger partial charge is 0.399 e. The van der Waals surface area contributed by atoms with Crippen LogP contribution in [0.1, 0.15) is 33.3 Å². The van der Waals surface area contributed by atoms with Crippen molar-refractivity contribution in [2.75, 3.05) is 18.8 Å². The molecule has 0 saturated carbocycles. The van der Waals surface area contributed by atoms with Crippen molar-refractivity contribution < 1.29 is 12.8 Å². The Labute approximate surface area is 127 Å². The van der Waals surface area contributed by atoms with Crippen LogP contribution in [0.4, 0.5) is 10.1 Å². The SMILES string of the molecule is Cc1c(F)cc(N)cc1S(=O)(=O)N(CC(C)C)CC(C)C. The van der Waals surface area contributed by atoms with Crippen molar-refractivity contribution in [1.29, 1.82) is 0 Å². The fourth-order valence-electron chi connectivity index (χ4n) is 2.17. The second kappa shape index (κ2) is 6.75. The number of anilines is 1. The minimum absolute atomic E-state index is 0.0405. The Balaban J connectivity index is 3.35. The molecule has 0 aliphatic carbocycles. The van der Waals surface area contributed by atoms with E-state index in [4.69, 9.17) is 5.73 Å². The van der Waals surface area contributed by atoms with E-state index < -0.39 is 15.8 Å². The Bertz CT molecular complexity index is 588. The lowest BCUT2D eigenvalue weighted by molar-refractivity contribution is 0.333. The average Bonchev–Trinajstić information content (AvgIpc) is 2.31. The maximum atomic E-state index is 13.8. The number of rotatable bonds is 6. The molecule has 0 unspecified atom stereocenters. The molecule has 6 heteroatoms. The first-order valence-corrected chi connectivity index (χ1v) is 8.55. The Morgan fingerprint density at radius 3 is 2.05 bits per heavy atom. The van der Waals surface area contributed by atoms with Gasteiger partial charge in [0.25, 0.3) is 0 Å². The third-order valence-electron chi connectivity index (χ3n) is 3.07. The van der Waals surface area contributed by atoms with E-state index >= 15 is 0 Å². The van der Waals surface area contributed by atoms with Crippen LogP contribution in [0.15, 0.2) is 17.0 Å². The third-order valence-corrected chi connectivity index (χ3v) is 5.03. The molecule has 1 aromatic carbocycles. The zero-order valence-electron chi connectivity index (χ0n) is 13.4. The summed E-state index contributed by atoms with van der Waals surface area (Å²) in [6, 6.07) is 2.48. The number of hydrogen-bond acceptors (Lipinski definition) is 3. The minimum Gasteiger partial charge on any atom is -0.399 e. The van der Waals surface area contributed by atoms with Crippen LogP contribution in [0, 0.1) is 24.6 Å². The van der Waals surface area contributed by atoms with Crippen molar-refractivity contribution in [1.82, 2.24) is 4.31 Å². The van der Waals surface area contributed by atoms with Gasteiger partial charge in [-0.2, -0.15) is 4.31 Å². The minimum atomic E-state index is -3.75. The molecule has 0 bridgehead atoms. The van der Waals surface area contributed by atoms with Gasteiger partial charge in [0.2, 0.25) is 10.0 Å². The molecule has 0 radical (unpaired) electrons. The Hall–Kier alpha value is -1.14. The molecule has 1 rings (SSSR count). The summed E-state index contributed by atoms with van der Waals surface area (Å²) in [5.74, 6) is -0.225. The lowest BCUT2D eigenvalue weighted by Gasteiger charge is -2.26. The molecule has 0 saturated heterocycles. The quantitative estimate of drug-likeness (QED) is 0.821. The molecule has 1 aromatic rings. The van der Waals surface area contributed by atoms with Crippen LogP contribution >= 0.6 is 0 Å².